The Hall–Kier alpha value is -0.570. The van der Waals surface area contributed by atoms with E-state index in [1.165, 1.54) is 0 Å². The van der Waals surface area contributed by atoms with E-state index in [-0.39, 0.29) is 5.92 Å². The van der Waals surface area contributed by atoms with Crippen molar-refractivity contribution in [2.45, 2.75) is 27.2 Å². The van der Waals surface area contributed by atoms with Gasteiger partial charge in [0.2, 0.25) is 0 Å². The predicted octanol–water partition coefficient (Wildman–Crippen LogP) is 1.77. The lowest BCUT2D eigenvalue weighted by atomic mass is 9.72. The molecule has 3 nitrogen and oxygen atoms in total. The minimum Gasteiger partial charge on any atom is -0.481 e. The van der Waals surface area contributed by atoms with Crippen LogP contribution < -0.4 is 0 Å². The van der Waals surface area contributed by atoms with Crippen molar-refractivity contribution in [3.63, 3.8) is 0 Å². The highest BCUT2D eigenvalue weighted by Gasteiger charge is 2.40. The maximum atomic E-state index is 11.1. The second kappa shape index (κ2) is 3.66. The van der Waals surface area contributed by atoms with E-state index in [2.05, 4.69) is 0 Å². The van der Waals surface area contributed by atoms with Crippen LogP contribution in [0.25, 0.3) is 0 Å². The predicted molar refractivity (Wildman–Crippen MR) is 49.5 cm³/mol. The lowest BCUT2D eigenvalue weighted by Crippen LogP contribution is -2.40. The smallest absolute Gasteiger partial charge is 0.309 e. The minimum atomic E-state index is -0.686. The van der Waals surface area contributed by atoms with Gasteiger partial charge in [-0.1, -0.05) is 13.8 Å². The fraction of sp³-hybridized carbons (Fsp3) is 0.900. The van der Waals surface area contributed by atoms with Gasteiger partial charge in [0.15, 0.2) is 0 Å². The molecule has 1 saturated heterocycles. The summed E-state index contributed by atoms with van der Waals surface area (Å²) in [7, 11) is 0. The SMILES string of the molecule is CC(C)C(C)(CC1COC1)C(=O)O. The second-order valence-electron chi connectivity index (χ2n) is 4.48. The molecule has 1 fully saturated rings. The lowest BCUT2D eigenvalue weighted by molar-refractivity contribution is -0.155. The first-order valence-electron chi connectivity index (χ1n) is 4.78. The molecule has 13 heavy (non-hydrogen) atoms. The molecular weight excluding hydrogens is 168 g/mol. The van der Waals surface area contributed by atoms with Crippen LogP contribution >= 0.6 is 0 Å². The molecule has 1 rings (SSSR count). The van der Waals surface area contributed by atoms with Crippen LogP contribution in [0.4, 0.5) is 0 Å². The number of rotatable bonds is 4. The van der Waals surface area contributed by atoms with Crippen molar-refractivity contribution in [3.05, 3.63) is 0 Å². The molecule has 1 aliphatic heterocycles. The highest BCUT2D eigenvalue weighted by Crippen LogP contribution is 2.36. The molecule has 0 saturated carbocycles. The minimum absolute atomic E-state index is 0.172. The average molecular weight is 186 g/mol. The van der Waals surface area contributed by atoms with E-state index in [9.17, 15) is 4.79 Å². The van der Waals surface area contributed by atoms with Crippen molar-refractivity contribution >= 4 is 5.97 Å². The molecule has 1 aliphatic rings. The van der Waals surface area contributed by atoms with Crippen molar-refractivity contribution < 1.29 is 14.6 Å². The number of hydrogen-bond acceptors (Lipinski definition) is 2. The molecule has 1 atom stereocenters. The van der Waals surface area contributed by atoms with Gasteiger partial charge in [0, 0.05) is 5.92 Å². The first-order chi connectivity index (χ1) is 5.97. The van der Waals surface area contributed by atoms with Crippen LogP contribution in [0, 0.1) is 17.3 Å². The van der Waals surface area contributed by atoms with E-state index in [4.69, 9.17) is 9.84 Å². The molecule has 0 radical (unpaired) electrons. The van der Waals surface area contributed by atoms with Gasteiger partial charge in [0.1, 0.15) is 0 Å². The van der Waals surface area contributed by atoms with Crippen molar-refractivity contribution in [2.24, 2.45) is 17.3 Å². The number of carboxylic acid groups (broad SMARTS) is 1. The summed E-state index contributed by atoms with van der Waals surface area (Å²) in [6, 6.07) is 0. The molecule has 0 spiro atoms. The van der Waals surface area contributed by atoms with E-state index in [0.717, 1.165) is 19.6 Å². The molecule has 1 unspecified atom stereocenters. The molecule has 1 N–H and O–H groups in total. The normalized spacial score (nSPS) is 22.5. The van der Waals surface area contributed by atoms with Crippen molar-refractivity contribution in [3.8, 4) is 0 Å². The Balaban J connectivity index is 2.60. The zero-order chi connectivity index (χ0) is 10.1. The van der Waals surface area contributed by atoms with Gasteiger partial charge in [0.05, 0.1) is 18.6 Å². The summed E-state index contributed by atoms with van der Waals surface area (Å²) in [6.45, 7) is 7.23. The van der Waals surface area contributed by atoms with Gasteiger partial charge in [-0.25, -0.2) is 0 Å². The number of hydrogen-bond donors (Lipinski definition) is 1. The van der Waals surface area contributed by atoms with Crippen molar-refractivity contribution in [1.82, 2.24) is 0 Å². The first-order valence-corrected chi connectivity index (χ1v) is 4.78. The zero-order valence-corrected chi connectivity index (χ0v) is 8.54. The molecule has 0 amide bonds. The fourth-order valence-electron chi connectivity index (χ4n) is 1.57. The van der Waals surface area contributed by atoms with Gasteiger partial charge >= 0.3 is 5.97 Å². The summed E-state index contributed by atoms with van der Waals surface area (Å²) >= 11 is 0. The Bertz CT molecular complexity index is 196. The zero-order valence-electron chi connectivity index (χ0n) is 8.54. The highest BCUT2D eigenvalue weighted by atomic mass is 16.5. The average Bonchev–Trinajstić information content (AvgIpc) is 1.95. The van der Waals surface area contributed by atoms with Crippen LogP contribution in [0.2, 0.25) is 0 Å². The number of carbonyl (C=O) groups is 1. The van der Waals surface area contributed by atoms with Gasteiger partial charge in [-0.15, -0.1) is 0 Å². The van der Waals surface area contributed by atoms with E-state index < -0.39 is 11.4 Å². The summed E-state index contributed by atoms with van der Waals surface area (Å²) in [4.78, 5) is 11.1. The quantitative estimate of drug-likeness (QED) is 0.727. The lowest BCUT2D eigenvalue weighted by Gasteiger charge is -2.36. The van der Waals surface area contributed by atoms with Gasteiger partial charge in [-0.3, -0.25) is 4.79 Å². The van der Waals surface area contributed by atoms with Gasteiger partial charge < -0.3 is 9.84 Å². The Labute approximate surface area is 79.1 Å². The summed E-state index contributed by atoms with van der Waals surface area (Å²) in [6.07, 6.45) is 0.736. The third kappa shape index (κ3) is 2.02. The summed E-state index contributed by atoms with van der Waals surface area (Å²) in [5.74, 6) is -0.0662. The number of ether oxygens (including phenoxy) is 1. The fourth-order valence-corrected chi connectivity index (χ4v) is 1.57. The van der Waals surface area contributed by atoms with Crippen LogP contribution in [-0.2, 0) is 9.53 Å². The maximum absolute atomic E-state index is 11.1. The molecule has 0 aromatic carbocycles. The van der Waals surface area contributed by atoms with E-state index in [1.807, 2.05) is 20.8 Å². The Morgan fingerprint density at radius 3 is 2.38 bits per heavy atom. The molecular formula is C10H18O3. The van der Waals surface area contributed by atoms with Crippen LogP contribution in [0.5, 0.6) is 0 Å². The Morgan fingerprint density at radius 2 is 2.15 bits per heavy atom. The first kappa shape index (κ1) is 10.5. The monoisotopic (exact) mass is 186 g/mol. The summed E-state index contributed by atoms with van der Waals surface area (Å²) in [5.41, 5.74) is -0.589. The van der Waals surface area contributed by atoms with Crippen LogP contribution in [-0.4, -0.2) is 24.3 Å². The van der Waals surface area contributed by atoms with Crippen molar-refractivity contribution in [1.29, 1.82) is 0 Å². The van der Waals surface area contributed by atoms with Crippen LogP contribution in [0.15, 0.2) is 0 Å². The van der Waals surface area contributed by atoms with E-state index in [1.54, 1.807) is 0 Å². The molecule has 0 aliphatic carbocycles. The molecule has 1 heterocycles. The third-order valence-corrected chi connectivity index (χ3v) is 3.18. The molecule has 0 aromatic heterocycles. The topological polar surface area (TPSA) is 46.5 Å². The number of carboxylic acids is 1. The molecule has 0 aromatic rings. The van der Waals surface area contributed by atoms with Gasteiger partial charge in [-0.05, 0) is 19.3 Å². The Morgan fingerprint density at radius 1 is 1.62 bits per heavy atom. The van der Waals surface area contributed by atoms with E-state index in [0.29, 0.717) is 5.92 Å². The molecule has 76 valence electrons. The van der Waals surface area contributed by atoms with Gasteiger partial charge in [0.25, 0.3) is 0 Å². The Kier molecular flexibility index (Phi) is 2.96. The summed E-state index contributed by atoms with van der Waals surface area (Å²) in [5, 5.41) is 9.13. The van der Waals surface area contributed by atoms with Crippen LogP contribution in [0.3, 0.4) is 0 Å². The largest absolute Gasteiger partial charge is 0.481 e. The maximum Gasteiger partial charge on any atom is 0.309 e. The second-order valence-corrected chi connectivity index (χ2v) is 4.48. The van der Waals surface area contributed by atoms with Crippen LogP contribution in [0.1, 0.15) is 27.2 Å². The van der Waals surface area contributed by atoms with E-state index >= 15 is 0 Å². The molecule has 0 bridgehead atoms. The standard InChI is InChI=1S/C10H18O3/c1-7(2)10(3,9(11)12)4-8-5-13-6-8/h7-8H,4-6H2,1-3H3,(H,11,12). The number of aliphatic carboxylic acids is 1. The highest BCUT2D eigenvalue weighted by molar-refractivity contribution is 5.74. The third-order valence-electron chi connectivity index (χ3n) is 3.18. The summed E-state index contributed by atoms with van der Waals surface area (Å²) < 4.78 is 5.05. The molecule has 3 heteroatoms. The van der Waals surface area contributed by atoms with Gasteiger partial charge in [-0.2, -0.15) is 0 Å². The van der Waals surface area contributed by atoms with Crippen molar-refractivity contribution in [2.75, 3.05) is 13.2 Å².